The molecule has 2 heterocycles. The molecule has 6 nitrogen and oxygen atoms in total. The van der Waals surface area contributed by atoms with Crippen LogP contribution < -0.4 is 20.3 Å². The lowest BCUT2D eigenvalue weighted by molar-refractivity contribution is 0.102. The van der Waals surface area contributed by atoms with E-state index in [2.05, 4.69) is 20.5 Å². The molecule has 1 amide bonds. The number of carbonyl (C=O) groups excluding carboxylic acids is 1. The maximum Gasteiger partial charge on any atom is 0.260 e. The molecule has 3 rings (SSSR count). The highest BCUT2D eigenvalue weighted by Crippen LogP contribution is 2.20. The minimum absolute atomic E-state index is 0. The van der Waals surface area contributed by atoms with Crippen LogP contribution in [0.5, 0.6) is 5.75 Å². The van der Waals surface area contributed by atoms with E-state index in [0.29, 0.717) is 17.1 Å². The zero-order valence-corrected chi connectivity index (χ0v) is 14.3. The standard InChI is InChI=1S/C17H20N4O2.ClH/c1-23-15-5-3-2-4-14(15)17(22)20-16-7-6-13(12-19-16)21-10-8-18-9-11-21;/h2-7,12,18H,8-11H2,1H3,(H,19,20,22);1H. The number of nitrogens with zero attached hydrogens (tertiary/aromatic N) is 2. The maximum absolute atomic E-state index is 12.3. The molecule has 0 radical (unpaired) electrons. The summed E-state index contributed by atoms with van der Waals surface area (Å²) in [6, 6.07) is 10.9. The number of aromatic nitrogens is 1. The van der Waals surface area contributed by atoms with Gasteiger partial charge in [0, 0.05) is 26.2 Å². The van der Waals surface area contributed by atoms with Crippen LogP contribution in [0.1, 0.15) is 10.4 Å². The summed E-state index contributed by atoms with van der Waals surface area (Å²) in [5.41, 5.74) is 1.56. The molecule has 0 unspecified atom stereocenters. The van der Waals surface area contributed by atoms with Crippen molar-refractivity contribution in [3.8, 4) is 5.75 Å². The van der Waals surface area contributed by atoms with Gasteiger partial charge in [-0.15, -0.1) is 12.4 Å². The van der Waals surface area contributed by atoms with Crippen LogP contribution in [0.2, 0.25) is 0 Å². The van der Waals surface area contributed by atoms with Crippen molar-refractivity contribution in [3.05, 3.63) is 48.2 Å². The number of piperazine rings is 1. The number of halogens is 1. The molecule has 7 heteroatoms. The molecule has 2 aromatic rings. The lowest BCUT2D eigenvalue weighted by atomic mass is 10.2. The third-order valence-corrected chi connectivity index (χ3v) is 3.82. The molecule has 1 aromatic heterocycles. The third kappa shape index (κ3) is 4.15. The van der Waals surface area contributed by atoms with Crippen molar-refractivity contribution in [2.24, 2.45) is 0 Å². The molecule has 0 aliphatic carbocycles. The Morgan fingerprint density at radius 1 is 1.21 bits per heavy atom. The molecular weight excluding hydrogens is 328 g/mol. The van der Waals surface area contributed by atoms with Crippen LogP contribution in [-0.4, -0.2) is 44.2 Å². The van der Waals surface area contributed by atoms with E-state index in [4.69, 9.17) is 4.74 Å². The lowest BCUT2D eigenvalue weighted by Gasteiger charge is -2.29. The van der Waals surface area contributed by atoms with Crippen LogP contribution in [0.25, 0.3) is 0 Å². The smallest absolute Gasteiger partial charge is 0.260 e. The van der Waals surface area contributed by atoms with E-state index in [-0.39, 0.29) is 18.3 Å². The Kier molecular flexibility index (Phi) is 6.40. The summed E-state index contributed by atoms with van der Waals surface area (Å²) in [6.45, 7) is 3.89. The molecular formula is C17H21ClN4O2. The molecule has 0 bridgehead atoms. The van der Waals surface area contributed by atoms with E-state index in [1.807, 2.05) is 18.2 Å². The van der Waals surface area contributed by atoms with Gasteiger partial charge in [0.25, 0.3) is 5.91 Å². The molecule has 128 valence electrons. The molecule has 0 spiro atoms. The first kappa shape index (κ1) is 18.0. The average molecular weight is 349 g/mol. The summed E-state index contributed by atoms with van der Waals surface area (Å²) >= 11 is 0. The van der Waals surface area contributed by atoms with E-state index < -0.39 is 0 Å². The van der Waals surface area contributed by atoms with Gasteiger partial charge in [-0.25, -0.2) is 4.98 Å². The SMILES string of the molecule is COc1ccccc1C(=O)Nc1ccc(N2CCNCC2)cn1.Cl. The van der Waals surface area contributed by atoms with Gasteiger partial charge in [-0.2, -0.15) is 0 Å². The van der Waals surface area contributed by atoms with Crippen LogP contribution in [-0.2, 0) is 0 Å². The number of nitrogens with one attached hydrogen (secondary N) is 2. The zero-order chi connectivity index (χ0) is 16.1. The maximum atomic E-state index is 12.3. The largest absolute Gasteiger partial charge is 0.496 e. The summed E-state index contributed by atoms with van der Waals surface area (Å²) in [6.07, 6.45) is 1.79. The number of pyridine rings is 1. The average Bonchev–Trinajstić information content (AvgIpc) is 2.63. The first-order valence-corrected chi connectivity index (χ1v) is 7.64. The van der Waals surface area contributed by atoms with Crippen molar-refractivity contribution < 1.29 is 9.53 Å². The summed E-state index contributed by atoms with van der Waals surface area (Å²) in [5, 5.41) is 6.12. The minimum atomic E-state index is -0.232. The zero-order valence-electron chi connectivity index (χ0n) is 13.5. The second-order valence-electron chi connectivity index (χ2n) is 5.29. The first-order valence-electron chi connectivity index (χ1n) is 7.64. The minimum Gasteiger partial charge on any atom is -0.496 e. The summed E-state index contributed by atoms with van der Waals surface area (Å²) in [7, 11) is 1.55. The van der Waals surface area contributed by atoms with Gasteiger partial charge in [0.1, 0.15) is 11.6 Å². The Balaban J connectivity index is 0.00000208. The Bertz CT molecular complexity index is 673. The molecule has 1 fully saturated rings. The summed E-state index contributed by atoms with van der Waals surface area (Å²) in [4.78, 5) is 18.9. The van der Waals surface area contributed by atoms with Crippen LogP contribution in [0, 0.1) is 0 Å². The van der Waals surface area contributed by atoms with Crippen molar-refractivity contribution in [2.45, 2.75) is 0 Å². The van der Waals surface area contributed by atoms with Gasteiger partial charge in [0.05, 0.1) is 24.6 Å². The molecule has 0 atom stereocenters. The van der Waals surface area contributed by atoms with Crippen LogP contribution >= 0.6 is 12.4 Å². The van der Waals surface area contributed by atoms with Gasteiger partial charge in [-0.3, -0.25) is 4.79 Å². The van der Waals surface area contributed by atoms with Crippen molar-refractivity contribution in [3.63, 3.8) is 0 Å². The van der Waals surface area contributed by atoms with E-state index in [1.54, 1.807) is 31.5 Å². The van der Waals surface area contributed by atoms with Gasteiger partial charge >= 0.3 is 0 Å². The monoisotopic (exact) mass is 348 g/mol. The number of methoxy groups -OCH3 is 1. The predicted molar refractivity (Wildman–Crippen MR) is 97.5 cm³/mol. The van der Waals surface area contributed by atoms with Gasteiger partial charge < -0.3 is 20.3 Å². The van der Waals surface area contributed by atoms with Crippen molar-refractivity contribution >= 4 is 29.8 Å². The Morgan fingerprint density at radius 3 is 2.62 bits per heavy atom. The highest BCUT2D eigenvalue weighted by atomic mass is 35.5. The molecule has 1 saturated heterocycles. The number of para-hydroxylation sites is 1. The number of amides is 1. The second-order valence-corrected chi connectivity index (χ2v) is 5.29. The van der Waals surface area contributed by atoms with Gasteiger partial charge in [-0.05, 0) is 24.3 Å². The topological polar surface area (TPSA) is 66.5 Å². The second kappa shape index (κ2) is 8.52. The van der Waals surface area contributed by atoms with Crippen LogP contribution in [0.15, 0.2) is 42.6 Å². The van der Waals surface area contributed by atoms with Crippen LogP contribution in [0.4, 0.5) is 11.5 Å². The number of benzene rings is 1. The first-order chi connectivity index (χ1) is 11.3. The van der Waals surface area contributed by atoms with Gasteiger partial charge in [0.2, 0.25) is 0 Å². The van der Waals surface area contributed by atoms with Crippen molar-refractivity contribution in [2.75, 3.05) is 43.5 Å². The number of anilines is 2. The molecule has 1 aromatic carbocycles. The fraction of sp³-hybridized carbons (Fsp3) is 0.294. The van der Waals surface area contributed by atoms with Gasteiger partial charge in [-0.1, -0.05) is 12.1 Å². The molecule has 1 aliphatic heterocycles. The number of carbonyl (C=O) groups is 1. The fourth-order valence-electron chi connectivity index (χ4n) is 2.59. The Morgan fingerprint density at radius 2 is 1.96 bits per heavy atom. The van der Waals surface area contributed by atoms with Crippen LogP contribution in [0.3, 0.4) is 0 Å². The molecule has 2 N–H and O–H groups in total. The molecule has 24 heavy (non-hydrogen) atoms. The Labute approximate surface area is 147 Å². The third-order valence-electron chi connectivity index (χ3n) is 3.82. The van der Waals surface area contributed by atoms with Crippen molar-refractivity contribution in [1.29, 1.82) is 0 Å². The van der Waals surface area contributed by atoms with Gasteiger partial charge in [0.15, 0.2) is 0 Å². The highest BCUT2D eigenvalue weighted by Gasteiger charge is 2.13. The van der Waals surface area contributed by atoms with E-state index in [1.165, 1.54) is 0 Å². The number of ether oxygens (including phenoxy) is 1. The number of hydrogen-bond acceptors (Lipinski definition) is 5. The lowest BCUT2D eigenvalue weighted by Crippen LogP contribution is -2.43. The predicted octanol–water partition coefficient (Wildman–Crippen LogP) is 2.17. The summed E-state index contributed by atoms with van der Waals surface area (Å²) in [5.74, 6) is 0.840. The molecule has 1 aliphatic rings. The fourth-order valence-corrected chi connectivity index (χ4v) is 2.59. The highest BCUT2D eigenvalue weighted by molar-refractivity contribution is 6.05. The van der Waals surface area contributed by atoms with E-state index >= 15 is 0 Å². The number of hydrogen-bond donors (Lipinski definition) is 2. The summed E-state index contributed by atoms with van der Waals surface area (Å²) < 4.78 is 5.21. The number of rotatable bonds is 4. The van der Waals surface area contributed by atoms with E-state index in [9.17, 15) is 4.79 Å². The molecule has 0 saturated carbocycles. The van der Waals surface area contributed by atoms with E-state index in [0.717, 1.165) is 31.9 Å². The quantitative estimate of drug-likeness (QED) is 0.886. The Hall–Kier alpha value is -2.31. The van der Waals surface area contributed by atoms with Crippen molar-refractivity contribution in [1.82, 2.24) is 10.3 Å². The normalized spacial score (nSPS) is 13.8.